The number of ether oxygens (including phenoxy) is 1. The lowest BCUT2D eigenvalue weighted by atomic mass is 10.1. The van der Waals surface area contributed by atoms with Crippen molar-refractivity contribution in [3.8, 4) is 5.75 Å². The quantitative estimate of drug-likeness (QED) is 0.770. The Labute approximate surface area is 154 Å². The van der Waals surface area contributed by atoms with E-state index in [9.17, 15) is 13.2 Å². The van der Waals surface area contributed by atoms with E-state index in [1.165, 1.54) is 25.3 Å². The van der Waals surface area contributed by atoms with Crippen LogP contribution in [0, 0.1) is 5.92 Å². The summed E-state index contributed by atoms with van der Waals surface area (Å²) in [6.07, 6.45) is 0.755. The van der Waals surface area contributed by atoms with Crippen molar-refractivity contribution in [1.82, 2.24) is 0 Å². The highest BCUT2D eigenvalue weighted by Gasteiger charge is 2.44. The summed E-state index contributed by atoms with van der Waals surface area (Å²) in [5.41, 5.74) is 1.40. The standard InChI is InChI=1S/C17H17BrN2O4S/c1-24-16-7-6-12(25(19,22)23)8-15(16)20-17(21)14-9-13(14)10-2-4-11(18)5-3-10/h2-8,13-14H,9H2,1H3,(H,20,21)(H2,19,22,23). The first-order valence-corrected chi connectivity index (χ1v) is 9.90. The Morgan fingerprint density at radius 1 is 1.24 bits per heavy atom. The molecule has 132 valence electrons. The number of carbonyl (C=O) groups is 1. The molecule has 0 aliphatic heterocycles. The van der Waals surface area contributed by atoms with Crippen LogP contribution in [-0.4, -0.2) is 21.4 Å². The average molecular weight is 425 g/mol. The number of sulfonamides is 1. The minimum absolute atomic E-state index is 0.0798. The van der Waals surface area contributed by atoms with Crippen LogP contribution in [0.25, 0.3) is 0 Å². The molecular formula is C17H17BrN2O4S. The van der Waals surface area contributed by atoms with Gasteiger partial charge in [0.1, 0.15) is 5.75 Å². The molecule has 2 atom stereocenters. The first kappa shape index (κ1) is 17.9. The van der Waals surface area contributed by atoms with Crippen LogP contribution in [0.4, 0.5) is 5.69 Å². The minimum Gasteiger partial charge on any atom is -0.495 e. The molecule has 0 bridgehead atoms. The Kier molecular flexibility index (Phi) is 4.86. The van der Waals surface area contributed by atoms with Crippen LogP contribution in [0.3, 0.4) is 0 Å². The zero-order valence-corrected chi connectivity index (χ0v) is 15.8. The third-order valence-electron chi connectivity index (χ3n) is 4.18. The van der Waals surface area contributed by atoms with Gasteiger partial charge in [-0.25, -0.2) is 13.6 Å². The molecule has 1 aliphatic rings. The molecule has 6 nitrogen and oxygen atoms in total. The van der Waals surface area contributed by atoms with E-state index < -0.39 is 10.0 Å². The van der Waals surface area contributed by atoms with Crippen molar-refractivity contribution < 1.29 is 17.9 Å². The van der Waals surface area contributed by atoms with Gasteiger partial charge >= 0.3 is 0 Å². The van der Waals surface area contributed by atoms with E-state index in [1.807, 2.05) is 24.3 Å². The minimum atomic E-state index is -3.86. The maximum absolute atomic E-state index is 12.5. The molecule has 1 aliphatic carbocycles. The molecule has 3 rings (SSSR count). The Hall–Kier alpha value is -1.90. The molecule has 0 spiro atoms. The largest absolute Gasteiger partial charge is 0.495 e. The number of nitrogens with one attached hydrogen (secondary N) is 1. The SMILES string of the molecule is COc1ccc(S(N)(=O)=O)cc1NC(=O)C1CC1c1ccc(Br)cc1. The van der Waals surface area contributed by atoms with Gasteiger partial charge in [-0.3, -0.25) is 4.79 Å². The van der Waals surface area contributed by atoms with Crippen molar-refractivity contribution >= 4 is 37.5 Å². The van der Waals surface area contributed by atoms with Gasteiger partial charge in [0.15, 0.2) is 0 Å². The number of hydrogen-bond donors (Lipinski definition) is 2. The van der Waals surface area contributed by atoms with E-state index in [-0.39, 0.29) is 22.6 Å². The van der Waals surface area contributed by atoms with Gasteiger partial charge in [-0.05, 0) is 48.2 Å². The summed E-state index contributed by atoms with van der Waals surface area (Å²) >= 11 is 3.39. The van der Waals surface area contributed by atoms with Crippen LogP contribution >= 0.6 is 15.9 Å². The van der Waals surface area contributed by atoms with Gasteiger partial charge in [-0.2, -0.15) is 0 Å². The predicted molar refractivity (Wildman–Crippen MR) is 98.0 cm³/mol. The summed E-state index contributed by atoms with van der Waals surface area (Å²) in [6, 6.07) is 12.0. The van der Waals surface area contributed by atoms with Crippen LogP contribution in [0.15, 0.2) is 51.8 Å². The number of carbonyl (C=O) groups excluding carboxylic acids is 1. The van der Waals surface area contributed by atoms with Gasteiger partial charge in [0.25, 0.3) is 0 Å². The fraction of sp³-hybridized carbons (Fsp3) is 0.235. The molecule has 1 amide bonds. The Bertz CT molecular complexity index is 913. The summed E-state index contributed by atoms with van der Waals surface area (Å²) in [5.74, 6) is 0.226. The van der Waals surface area contributed by atoms with E-state index in [4.69, 9.17) is 9.88 Å². The number of rotatable bonds is 5. The Balaban J connectivity index is 1.76. The van der Waals surface area contributed by atoms with Gasteiger partial charge in [0.05, 0.1) is 17.7 Å². The normalized spacial score (nSPS) is 19.3. The summed E-state index contributed by atoms with van der Waals surface area (Å²) in [6.45, 7) is 0. The fourth-order valence-electron chi connectivity index (χ4n) is 2.75. The summed E-state index contributed by atoms with van der Waals surface area (Å²) < 4.78 is 29.2. The van der Waals surface area contributed by atoms with Crippen LogP contribution in [0.5, 0.6) is 5.75 Å². The molecule has 2 aromatic rings. The summed E-state index contributed by atoms with van der Waals surface area (Å²) in [4.78, 5) is 12.4. The zero-order chi connectivity index (χ0) is 18.2. The molecule has 0 heterocycles. The highest BCUT2D eigenvalue weighted by atomic mass is 79.9. The topological polar surface area (TPSA) is 98.5 Å². The van der Waals surface area contributed by atoms with Crippen molar-refractivity contribution in [2.24, 2.45) is 11.1 Å². The van der Waals surface area contributed by atoms with Crippen molar-refractivity contribution in [2.45, 2.75) is 17.2 Å². The van der Waals surface area contributed by atoms with Crippen LogP contribution in [-0.2, 0) is 14.8 Å². The predicted octanol–water partition coefficient (Wildman–Crippen LogP) is 2.85. The Morgan fingerprint density at radius 2 is 1.92 bits per heavy atom. The molecule has 3 N–H and O–H groups in total. The van der Waals surface area contributed by atoms with Gasteiger partial charge in [0.2, 0.25) is 15.9 Å². The molecule has 0 radical (unpaired) electrons. The highest BCUT2D eigenvalue weighted by Crippen LogP contribution is 2.48. The smallest absolute Gasteiger partial charge is 0.238 e. The van der Waals surface area contributed by atoms with Crippen LogP contribution in [0.1, 0.15) is 17.9 Å². The lowest BCUT2D eigenvalue weighted by molar-refractivity contribution is -0.117. The van der Waals surface area contributed by atoms with Gasteiger partial charge in [0, 0.05) is 10.4 Å². The number of primary sulfonamides is 1. The number of benzene rings is 2. The van der Waals surface area contributed by atoms with E-state index in [1.54, 1.807) is 0 Å². The second-order valence-corrected chi connectivity index (χ2v) is 8.37. The van der Waals surface area contributed by atoms with E-state index in [0.717, 1.165) is 16.5 Å². The molecule has 0 aromatic heterocycles. The monoisotopic (exact) mass is 424 g/mol. The van der Waals surface area contributed by atoms with Crippen LogP contribution < -0.4 is 15.2 Å². The molecule has 1 saturated carbocycles. The van der Waals surface area contributed by atoms with Crippen molar-refractivity contribution in [3.63, 3.8) is 0 Å². The van der Waals surface area contributed by atoms with E-state index >= 15 is 0 Å². The first-order chi connectivity index (χ1) is 11.8. The molecule has 25 heavy (non-hydrogen) atoms. The van der Waals surface area contributed by atoms with E-state index in [2.05, 4.69) is 21.2 Å². The maximum atomic E-state index is 12.5. The van der Waals surface area contributed by atoms with Gasteiger partial charge < -0.3 is 10.1 Å². The Morgan fingerprint density at radius 3 is 2.52 bits per heavy atom. The number of halogens is 1. The lowest BCUT2D eigenvalue weighted by Crippen LogP contribution is -2.17. The number of nitrogens with two attached hydrogens (primary N) is 1. The molecule has 1 fully saturated rings. The fourth-order valence-corrected chi connectivity index (χ4v) is 3.55. The third kappa shape index (κ3) is 4.02. The lowest BCUT2D eigenvalue weighted by Gasteiger charge is -2.11. The van der Waals surface area contributed by atoms with Gasteiger partial charge in [-0.1, -0.05) is 28.1 Å². The molecule has 2 aromatic carbocycles. The maximum Gasteiger partial charge on any atom is 0.238 e. The molecule has 0 saturated heterocycles. The third-order valence-corrected chi connectivity index (χ3v) is 5.62. The number of anilines is 1. The van der Waals surface area contributed by atoms with Gasteiger partial charge in [-0.15, -0.1) is 0 Å². The van der Waals surface area contributed by atoms with Crippen molar-refractivity contribution in [2.75, 3.05) is 12.4 Å². The first-order valence-electron chi connectivity index (χ1n) is 7.57. The zero-order valence-electron chi connectivity index (χ0n) is 13.4. The van der Waals surface area contributed by atoms with Crippen molar-refractivity contribution in [1.29, 1.82) is 0 Å². The number of amides is 1. The number of hydrogen-bond acceptors (Lipinski definition) is 4. The molecule has 2 unspecified atom stereocenters. The highest BCUT2D eigenvalue weighted by molar-refractivity contribution is 9.10. The van der Waals surface area contributed by atoms with Crippen molar-refractivity contribution in [3.05, 3.63) is 52.5 Å². The average Bonchev–Trinajstić information content (AvgIpc) is 3.35. The number of methoxy groups -OCH3 is 1. The molecule has 8 heteroatoms. The second kappa shape index (κ2) is 6.78. The molecular weight excluding hydrogens is 408 g/mol. The van der Waals surface area contributed by atoms with E-state index in [0.29, 0.717) is 11.4 Å². The summed E-state index contributed by atoms with van der Waals surface area (Å²) in [5, 5.41) is 7.90. The summed E-state index contributed by atoms with van der Waals surface area (Å²) in [7, 11) is -2.41. The second-order valence-electron chi connectivity index (χ2n) is 5.90. The van der Waals surface area contributed by atoms with Crippen LogP contribution in [0.2, 0.25) is 0 Å².